The Bertz CT molecular complexity index is 410. The van der Waals surface area contributed by atoms with Crippen LogP contribution in [0.2, 0.25) is 0 Å². The summed E-state index contributed by atoms with van der Waals surface area (Å²) < 4.78 is 3.90. The molecule has 1 amide bonds. The summed E-state index contributed by atoms with van der Waals surface area (Å²) in [6, 6.07) is 0. The molecular formula is C12H21ClN4OS. The van der Waals surface area contributed by atoms with E-state index in [1.165, 1.54) is 18.0 Å². The minimum Gasteiger partial charge on any atom is -0.338 e. The fourth-order valence-corrected chi connectivity index (χ4v) is 3.17. The standard InChI is InChI=1S/C12H20N4OS.ClH/c1-3-10-11(18-15-14-10)12(17)16-6-4-5-9(8-16)7-13-2;/h9,13H,3-8H2,1-2H3;1H. The van der Waals surface area contributed by atoms with Crippen molar-refractivity contribution < 1.29 is 4.79 Å². The molecule has 1 atom stereocenters. The minimum absolute atomic E-state index is 0. The van der Waals surface area contributed by atoms with Crippen molar-refractivity contribution in [2.75, 3.05) is 26.7 Å². The van der Waals surface area contributed by atoms with Gasteiger partial charge in [-0.15, -0.1) is 17.5 Å². The van der Waals surface area contributed by atoms with Gasteiger partial charge in [0.2, 0.25) is 0 Å². The van der Waals surface area contributed by atoms with Gasteiger partial charge in [-0.1, -0.05) is 11.4 Å². The van der Waals surface area contributed by atoms with Gasteiger partial charge in [0.05, 0.1) is 5.69 Å². The number of amides is 1. The number of hydrogen-bond donors (Lipinski definition) is 1. The Hall–Kier alpha value is -0.720. The van der Waals surface area contributed by atoms with E-state index < -0.39 is 0 Å². The van der Waals surface area contributed by atoms with Crippen LogP contribution in [-0.4, -0.2) is 47.1 Å². The lowest BCUT2D eigenvalue weighted by atomic mass is 9.98. The van der Waals surface area contributed by atoms with E-state index >= 15 is 0 Å². The van der Waals surface area contributed by atoms with Crippen LogP contribution in [0, 0.1) is 5.92 Å². The highest BCUT2D eigenvalue weighted by Gasteiger charge is 2.26. The lowest BCUT2D eigenvalue weighted by Gasteiger charge is -2.32. The highest BCUT2D eigenvalue weighted by molar-refractivity contribution is 7.08. The van der Waals surface area contributed by atoms with Crippen molar-refractivity contribution in [3.8, 4) is 0 Å². The molecule has 1 unspecified atom stereocenters. The number of nitrogens with one attached hydrogen (secondary N) is 1. The van der Waals surface area contributed by atoms with E-state index in [0.717, 1.165) is 43.0 Å². The van der Waals surface area contributed by atoms with Gasteiger partial charge in [0.15, 0.2) is 0 Å². The van der Waals surface area contributed by atoms with E-state index in [-0.39, 0.29) is 18.3 Å². The first-order valence-electron chi connectivity index (χ1n) is 6.51. The Morgan fingerprint density at radius 1 is 1.58 bits per heavy atom. The third-order valence-electron chi connectivity index (χ3n) is 3.38. The number of hydrogen-bond acceptors (Lipinski definition) is 5. The van der Waals surface area contributed by atoms with E-state index in [1.807, 2.05) is 18.9 Å². The SMILES string of the molecule is CCc1nnsc1C(=O)N1CCCC(CNC)C1.Cl. The van der Waals surface area contributed by atoms with Gasteiger partial charge in [-0.3, -0.25) is 4.79 Å². The zero-order valence-electron chi connectivity index (χ0n) is 11.4. The van der Waals surface area contributed by atoms with Crippen molar-refractivity contribution in [3.63, 3.8) is 0 Å². The van der Waals surface area contributed by atoms with Gasteiger partial charge in [-0.25, -0.2) is 0 Å². The summed E-state index contributed by atoms with van der Waals surface area (Å²) in [6.07, 6.45) is 3.06. The number of piperidine rings is 1. The highest BCUT2D eigenvalue weighted by atomic mass is 35.5. The van der Waals surface area contributed by atoms with Crippen LogP contribution in [0.15, 0.2) is 0 Å². The molecule has 0 radical (unpaired) electrons. The average Bonchev–Trinajstić information content (AvgIpc) is 2.87. The van der Waals surface area contributed by atoms with E-state index in [0.29, 0.717) is 5.92 Å². The first-order chi connectivity index (χ1) is 8.76. The van der Waals surface area contributed by atoms with Crippen LogP contribution >= 0.6 is 23.9 Å². The van der Waals surface area contributed by atoms with E-state index in [2.05, 4.69) is 14.9 Å². The predicted octanol–water partition coefficient (Wildman–Crippen LogP) is 1.59. The molecule has 2 heterocycles. The second kappa shape index (κ2) is 7.77. The maximum Gasteiger partial charge on any atom is 0.267 e. The molecular weight excluding hydrogens is 284 g/mol. The van der Waals surface area contributed by atoms with Crippen LogP contribution < -0.4 is 5.32 Å². The van der Waals surface area contributed by atoms with Crippen LogP contribution in [0.25, 0.3) is 0 Å². The molecule has 0 bridgehead atoms. The zero-order valence-corrected chi connectivity index (χ0v) is 13.0. The molecule has 1 aromatic heterocycles. The molecule has 1 aromatic rings. The Morgan fingerprint density at radius 3 is 3.05 bits per heavy atom. The monoisotopic (exact) mass is 304 g/mol. The lowest BCUT2D eigenvalue weighted by Crippen LogP contribution is -2.42. The van der Waals surface area contributed by atoms with Crippen LogP contribution in [0.5, 0.6) is 0 Å². The van der Waals surface area contributed by atoms with Gasteiger partial charge < -0.3 is 10.2 Å². The molecule has 2 rings (SSSR count). The summed E-state index contributed by atoms with van der Waals surface area (Å²) in [5.41, 5.74) is 0.834. The maximum atomic E-state index is 12.4. The second-order valence-electron chi connectivity index (χ2n) is 4.72. The molecule has 108 valence electrons. The molecule has 0 aliphatic carbocycles. The Kier molecular flexibility index (Phi) is 6.68. The molecule has 1 saturated heterocycles. The van der Waals surface area contributed by atoms with Crippen molar-refractivity contribution in [2.45, 2.75) is 26.2 Å². The number of carbonyl (C=O) groups excluding carboxylic acids is 1. The van der Waals surface area contributed by atoms with Gasteiger partial charge in [-0.2, -0.15) is 0 Å². The number of aryl methyl sites for hydroxylation is 1. The Balaban J connectivity index is 0.00000180. The van der Waals surface area contributed by atoms with E-state index in [4.69, 9.17) is 0 Å². The summed E-state index contributed by atoms with van der Waals surface area (Å²) in [5.74, 6) is 0.682. The summed E-state index contributed by atoms with van der Waals surface area (Å²) in [6.45, 7) is 4.69. The van der Waals surface area contributed by atoms with Gasteiger partial charge in [-0.05, 0) is 50.3 Å². The van der Waals surface area contributed by atoms with Gasteiger partial charge in [0, 0.05) is 13.1 Å². The van der Waals surface area contributed by atoms with Crippen molar-refractivity contribution in [1.82, 2.24) is 19.8 Å². The number of carbonyl (C=O) groups is 1. The van der Waals surface area contributed by atoms with Gasteiger partial charge >= 0.3 is 0 Å². The van der Waals surface area contributed by atoms with E-state index in [1.54, 1.807) is 0 Å². The predicted molar refractivity (Wildman–Crippen MR) is 79.1 cm³/mol. The summed E-state index contributed by atoms with van der Waals surface area (Å²) in [5, 5.41) is 7.21. The summed E-state index contributed by atoms with van der Waals surface area (Å²) in [7, 11) is 1.96. The molecule has 19 heavy (non-hydrogen) atoms. The fraction of sp³-hybridized carbons (Fsp3) is 0.750. The molecule has 5 nitrogen and oxygen atoms in total. The maximum absolute atomic E-state index is 12.4. The number of nitrogens with zero attached hydrogens (tertiary/aromatic N) is 3. The van der Waals surface area contributed by atoms with Crippen LogP contribution in [0.1, 0.15) is 35.1 Å². The first-order valence-corrected chi connectivity index (χ1v) is 7.28. The average molecular weight is 305 g/mol. The van der Waals surface area contributed by atoms with Gasteiger partial charge in [0.25, 0.3) is 5.91 Å². The quantitative estimate of drug-likeness (QED) is 0.918. The van der Waals surface area contributed by atoms with Crippen molar-refractivity contribution >= 4 is 29.8 Å². The highest BCUT2D eigenvalue weighted by Crippen LogP contribution is 2.20. The third kappa shape index (κ3) is 3.87. The number of halogens is 1. The normalized spacial score (nSPS) is 19.1. The number of aromatic nitrogens is 2. The van der Waals surface area contributed by atoms with Crippen LogP contribution in [-0.2, 0) is 6.42 Å². The van der Waals surface area contributed by atoms with Crippen molar-refractivity contribution in [1.29, 1.82) is 0 Å². The smallest absolute Gasteiger partial charge is 0.267 e. The van der Waals surface area contributed by atoms with Crippen LogP contribution in [0.4, 0.5) is 0 Å². The van der Waals surface area contributed by atoms with Crippen molar-refractivity contribution in [2.24, 2.45) is 5.92 Å². The molecule has 1 aliphatic rings. The Morgan fingerprint density at radius 2 is 2.37 bits per heavy atom. The largest absolute Gasteiger partial charge is 0.338 e. The zero-order chi connectivity index (χ0) is 13.0. The fourth-order valence-electron chi connectivity index (χ4n) is 2.45. The topological polar surface area (TPSA) is 58.1 Å². The molecule has 1 aliphatic heterocycles. The molecule has 0 spiro atoms. The summed E-state index contributed by atoms with van der Waals surface area (Å²) >= 11 is 1.22. The molecule has 1 N–H and O–H groups in total. The molecule has 0 aromatic carbocycles. The van der Waals surface area contributed by atoms with Crippen molar-refractivity contribution in [3.05, 3.63) is 10.6 Å². The van der Waals surface area contributed by atoms with E-state index in [9.17, 15) is 4.79 Å². The van der Waals surface area contributed by atoms with Crippen LogP contribution in [0.3, 0.4) is 0 Å². The third-order valence-corrected chi connectivity index (χ3v) is 4.14. The number of likely N-dealkylation sites (tertiary alicyclic amines) is 1. The summed E-state index contributed by atoms with van der Waals surface area (Å²) in [4.78, 5) is 15.1. The second-order valence-corrected chi connectivity index (χ2v) is 5.47. The molecule has 7 heteroatoms. The minimum atomic E-state index is 0. The lowest BCUT2D eigenvalue weighted by molar-refractivity contribution is 0.0678. The first kappa shape index (κ1) is 16.3. The number of rotatable bonds is 4. The Labute approximate surface area is 124 Å². The van der Waals surface area contributed by atoms with Gasteiger partial charge in [0.1, 0.15) is 4.88 Å². The molecule has 1 fully saturated rings. The molecule has 0 saturated carbocycles.